The number of hydrogen-bond donors (Lipinski definition) is 3. The van der Waals surface area contributed by atoms with Gasteiger partial charge in [0, 0.05) is 135 Å². The first-order chi connectivity index (χ1) is 50.6. The van der Waals surface area contributed by atoms with Gasteiger partial charge in [0.05, 0.1) is 49.8 Å². The van der Waals surface area contributed by atoms with Gasteiger partial charge in [0.15, 0.2) is 22.9 Å². The van der Waals surface area contributed by atoms with Crippen molar-refractivity contribution in [3.63, 3.8) is 0 Å². The quantitative estimate of drug-likeness (QED) is 0.0569. The number of benzene rings is 4. The molecule has 0 saturated carbocycles. The molecule has 9 heterocycles. The highest BCUT2D eigenvalue weighted by Gasteiger charge is 2.47. The highest BCUT2D eigenvalue weighted by Crippen LogP contribution is 2.35. The number of likely N-dealkylation sites (tertiary alicyclic amines) is 2. The molecule has 4 aromatic heterocycles. The number of amides is 3. The zero-order valence-electron chi connectivity index (χ0n) is 61.7. The number of fused-ring (bicyclic) bond motifs is 2. The molecule has 4 aromatic carbocycles. The molecule has 24 nitrogen and oxygen atoms in total. The van der Waals surface area contributed by atoms with Crippen LogP contribution in [0.5, 0.6) is 11.8 Å². The van der Waals surface area contributed by atoms with Crippen LogP contribution in [0.1, 0.15) is 164 Å². The predicted octanol–water partition coefficient (Wildman–Crippen LogP) is 12.9. The number of ether oxygens (including phenoxy) is 4. The van der Waals surface area contributed by atoms with Gasteiger partial charge in [-0.1, -0.05) is 80.2 Å². The molecule has 6 aliphatic rings. The summed E-state index contributed by atoms with van der Waals surface area (Å²) in [5, 5.41) is 24.2. The summed E-state index contributed by atoms with van der Waals surface area (Å²) in [6.45, 7) is 20.3. The Balaban J connectivity index is 0.000000176. The zero-order chi connectivity index (χ0) is 73.9. The van der Waals surface area contributed by atoms with Crippen LogP contribution in [-0.2, 0) is 41.7 Å². The molecule has 8 aromatic rings. The van der Waals surface area contributed by atoms with E-state index in [4.69, 9.17) is 29.0 Å². The second-order valence-corrected chi connectivity index (χ2v) is 28.5. The number of aliphatic imine (C=N–C) groups is 2. The van der Waals surface area contributed by atoms with E-state index in [0.717, 1.165) is 73.7 Å². The smallest absolute Gasteiger partial charge is 0.317 e. The van der Waals surface area contributed by atoms with Crippen LogP contribution in [0.4, 0.5) is 11.4 Å². The van der Waals surface area contributed by atoms with E-state index in [1.807, 2.05) is 108 Å². The minimum Gasteiger partial charge on any atom is -0.480 e. The third-order valence-corrected chi connectivity index (χ3v) is 19.7. The number of nitrogens with one attached hydrogen (secondary N) is 2. The largest absolute Gasteiger partial charge is 0.480 e. The number of anilines is 2. The minimum atomic E-state index is -1.08. The Hall–Kier alpha value is -10.4. The Morgan fingerprint density at radius 3 is 1.37 bits per heavy atom. The monoisotopic (exact) mass is 1440 g/mol. The molecule has 2 saturated heterocycles. The van der Waals surface area contributed by atoms with Crippen molar-refractivity contribution < 1.29 is 43.2 Å². The van der Waals surface area contributed by atoms with Crippen LogP contribution in [0.3, 0.4) is 0 Å². The number of carbonyl (C=O) groups excluding carboxylic acids is 3. The molecule has 556 valence electrons. The lowest BCUT2D eigenvalue weighted by molar-refractivity contribution is -0.140. The summed E-state index contributed by atoms with van der Waals surface area (Å²) in [4.78, 5) is 84.0. The zero-order valence-corrected chi connectivity index (χ0v) is 61.7. The van der Waals surface area contributed by atoms with E-state index in [9.17, 15) is 19.2 Å². The van der Waals surface area contributed by atoms with E-state index >= 15 is 0 Å². The van der Waals surface area contributed by atoms with Gasteiger partial charge >= 0.3 is 5.97 Å². The lowest BCUT2D eigenvalue weighted by Gasteiger charge is -2.30. The van der Waals surface area contributed by atoms with Crippen molar-refractivity contribution in [2.75, 3.05) is 77.2 Å². The minimum absolute atomic E-state index is 0. The fourth-order valence-electron chi connectivity index (χ4n) is 13.8. The van der Waals surface area contributed by atoms with Gasteiger partial charge < -0.3 is 39.6 Å². The molecule has 24 heteroatoms. The molecule has 5 aliphatic heterocycles. The van der Waals surface area contributed by atoms with Crippen molar-refractivity contribution in [1.82, 2.24) is 54.2 Å². The van der Waals surface area contributed by atoms with Gasteiger partial charge in [-0.05, 0) is 170 Å². The van der Waals surface area contributed by atoms with Crippen molar-refractivity contribution in [3.05, 3.63) is 191 Å². The molecule has 2 atom stereocenters. The van der Waals surface area contributed by atoms with Crippen molar-refractivity contribution in [3.8, 4) is 34.5 Å². The molecule has 106 heavy (non-hydrogen) atoms. The molecule has 3 N–H and O–H groups in total. The molecule has 3 amide bonds. The number of pyridine rings is 2. The van der Waals surface area contributed by atoms with Crippen LogP contribution in [0.15, 0.2) is 156 Å². The van der Waals surface area contributed by atoms with Crippen molar-refractivity contribution in [2.45, 2.75) is 156 Å². The summed E-state index contributed by atoms with van der Waals surface area (Å²) < 4.78 is 26.5. The number of aliphatic carboxylic acids is 1. The summed E-state index contributed by atoms with van der Waals surface area (Å²) in [5.41, 5.74) is 13.9. The molecular weight excluding hydrogens is 1340 g/mol. The number of hydrogen-bond acceptors (Lipinski definition) is 18. The number of methoxy groups -OCH3 is 2. The van der Waals surface area contributed by atoms with Gasteiger partial charge in [-0.15, -0.1) is 0 Å². The van der Waals surface area contributed by atoms with Crippen LogP contribution in [0, 0.1) is 0 Å². The first-order valence-corrected chi connectivity index (χ1v) is 36.4. The number of carboxylic acid groups (broad SMARTS) is 1. The fourth-order valence-corrected chi connectivity index (χ4v) is 13.8. The lowest BCUT2D eigenvalue weighted by Crippen LogP contribution is -2.48. The summed E-state index contributed by atoms with van der Waals surface area (Å²) >= 11 is 0. The second-order valence-electron chi connectivity index (χ2n) is 28.5. The topological polar surface area (TPSA) is 271 Å². The Bertz CT molecular complexity index is 4540. The van der Waals surface area contributed by atoms with Gasteiger partial charge in [-0.25, -0.2) is 29.3 Å². The molecule has 0 bridgehead atoms. The number of carboxylic acids is 1. The van der Waals surface area contributed by atoms with E-state index in [0.29, 0.717) is 93.7 Å². The predicted molar refractivity (Wildman–Crippen MR) is 412 cm³/mol. The molecule has 0 radical (unpaired) electrons. The Labute approximate surface area is 621 Å². The van der Waals surface area contributed by atoms with E-state index in [-0.39, 0.29) is 63.0 Å². The van der Waals surface area contributed by atoms with Gasteiger partial charge in [-0.3, -0.25) is 39.0 Å². The van der Waals surface area contributed by atoms with Gasteiger partial charge in [0.25, 0.3) is 11.8 Å². The van der Waals surface area contributed by atoms with Crippen molar-refractivity contribution in [2.24, 2.45) is 9.98 Å². The lowest BCUT2D eigenvalue weighted by atomic mass is 9.93. The van der Waals surface area contributed by atoms with Crippen LogP contribution in [0.2, 0.25) is 0 Å². The molecule has 14 rings (SSSR count). The Kier molecular flexibility index (Phi) is 24.8. The molecule has 0 spiro atoms. The van der Waals surface area contributed by atoms with Crippen molar-refractivity contribution >= 4 is 57.6 Å². The SMILES string of the molecule is C.CC(C)n1cnc(-c2ccc(C3=CCCCC3)cc2)n1.CO[C@@]1(C(=O)Nc2ccc3c(c2)C(c2ccc(OC(C)C)nc2)=NC3)CCN(CC(=O)N2CC=C(c3ccc(-c4ncn(C(C)C)n4)cc3)CC2)C1.CO[C@@]1(C(=O)Nc2ccc3c(c2)C(c2ccc(OC(C)C)nc2)=NC3)CCN(CC(=O)O)C1. The summed E-state index contributed by atoms with van der Waals surface area (Å²) in [6, 6.07) is 36.7. The summed E-state index contributed by atoms with van der Waals surface area (Å²) in [7, 11) is 3.05. The van der Waals surface area contributed by atoms with Crippen LogP contribution < -0.4 is 20.1 Å². The van der Waals surface area contributed by atoms with Crippen LogP contribution in [0.25, 0.3) is 33.9 Å². The van der Waals surface area contributed by atoms with Gasteiger partial charge in [-0.2, -0.15) is 10.2 Å². The average molecular weight is 1440 g/mol. The highest BCUT2D eigenvalue weighted by molar-refractivity contribution is 6.16. The third-order valence-electron chi connectivity index (χ3n) is 19.7. The fraction of sp³-hybridized carbons (Fsp3) is 0.415. The highest BCUT2D eigenvalue weighted by atomic mass is 16.5. The number of carbonyl (C=O) groups is 4. The van der Waals surface area contributed by atoms with E-state index in [1.165, 1.54) is 49.5 Å². The number of allylic oxidation sites excluding steroid dienone is 2. The maximum atomic E-state index is 13.8. The van der Waals surface area contributed by atoms with Gasteiger partial charge in [0.1, 0.15) is 12.7 Å². The standard InChI is InChI=1S/C40H46N8O4.C24H28N4O5.C17H21N3.CH4/c1-26(2)48-25-43-38(45-48)30-8-6-28(7-9-30)29-14-17-47(18-15-29)36(49)23-46-19-16-40(24-46,51-5)39(50)44-33-12-10-31-21-42-37(34(31)20-33)32-11-13-35(41-22-32)52-27(3)4;1-15(2)33-20-7-5-17(12-25-20)22-19-10-18(6-4-16(19)11-26-22)27-23(31)24(32-3)8-9-28(14-24)13-21(29)30;1-13(2)20-12-18-17(19-20)16-10-8-15(9-11-16)14-6-4-3-5-7-14;/h6-14,20,22,25-27H,15-19,21,23-24H2,1-5H3,(H,44,50);4-7,10,12,15H,8-9,11,13-14H2,1-3H3,(H,27,31)(H,29,30);6,8-13H,3-5,7H2,1-2H3;1H4/t40-;24-;;/m00../s1. The average Bonchev–Trinajstić information content (AvgIpc) is 1.64. The number of aromatic nitrogens is 8. The van der Waals surface area contributed by atoms with Crippen molar-refractivity contribution in [1.29, 1.82) is 0 Å². The molecule has 1 aliphatic carbocycles. The Morgan fingerprint density at radius 1 is 0.528 bits per heavy atom. The maximum absolute atomic E-state index is 13.8. The van der Waals surface area contributed by atoms with Crippen LogP contribution >= 0.6 is 0 Å². The molecule has 2 fully saturated rings. The molecule has 0 unspecified atom stereocenters. The third kappa shape index (κ3) is 18.3. The first-order valence-electron chi connectivity index (χ1n) is 36.4. The Morgan fingerprint density at radius 2 is 0.981 bits per heavy atom. The maximum Gasteiger partial charge on any atom is 0.317 e. The van der Waals surface area contributed by atoms with E-state index < -0.39 is 17.2 Å². The number of nitrogens with zero attached hydrogens (tertiary/aromatic N) is 13. The molecular formula is C82H99N15O9. The number of rotatable bonds is 22. The summed E-state index contributed by atoms with van der Waals surface area (Å²) in [5.74, 6) is 1.27. The second kappa shape index (κ2) is 34.2. The van der Waals surface area contributed by atoms with E-state index in [1.54, 1.807) is 37.1 Å². The van der Waals surface area contributed by atoms with Gasteiger partial charge in [0.2, 0.25) is 17.7 Å². The first kappa shape index (κ1) is 76.7. The normalized spacial score (nSPS) is 18.3. The van der Waals surface area contributed by atoms with Crippen LogP contribution in [-0.4, -0.2) is 184 Å². The van der Waals surface area contributed by atoms with E-state index in [2.05, 4.69) is 134 Å². The summed E-state index contributed by atoms with van der Waals surface area (Å²) in [6.07, 6.45) is 18.4.